The van der Waals surface area contributed by atoms with Crippen LogP contribution in [0.2, 0.25) is 0 Å². The van der Waals surface area contributed by atoms with Crippen LogP contribution < -0.4 is 0 Å². The van der Waals surface area contributed by atoms with Crippen LogP contribution in [0.4, 0.5) is 0 Å². The molecule has 83 heavy (non-hydrogen) atoms. The predicted octanol–water partition coefficient (Wildman–Crippen LogP) is -2.37. The van der Waals surface area contributed by atoms with E-state index in [4.69, 9.17) is 71.1 Å². The van der Waals surface area contributed by atoms with Crippen molar-refractivity contribution in [2.45, 2.75) is 140 Å². The first-order valence-electron chi connectivity index (χ1n) is 25.9. The topological polar surface area (TPSA) is 403 Å². The van der Waals surface area contributed by atoms with Crippen LogP contribution in [-0.2, 0) is 99.8 Å². The molecular formula is C54H82O29. The zero-order chi connectivity index (χ0) is 62.7. The number of aliphatic hydroxyl groups is 8. The van der Waals surface area contributed by atoms with E-state index in [0.717, 1.165) is 0 Å². The van der Waals surface area contributed by atoms with E-state index >= 15 is 0 Å². The molecule has 0 saturated carbocycles. The molecule has 2 aliphatic heterocycles. The number of esters is 6. The first-order chi connectivity index (χ1) is 38.9. The molecule has 0 spiro atoms. The monoisotopic (exact) mass is 1190 g/mol. The molecule has 0 aromatic carbocycles. The minimum absolute atomic E-state index is 0.00139. The van der Waals surface area contributed by atoms with E-state index in [0.29, 0.717) is 0 Å². The maximum absolute atomic E-state index is 12.3. The van der Waals surface area contributed by atoms with Crippen LogP contribution in [0.5, 0.6) is 0 Å². The Bertz CT molecular complexity index is 2180. The van der Waals surface area contributed by atoms with Gasteiger partial charge in [0.2, 0.25) is 0 Å². The normalized spacial score (nSPS) is 24.5. The standard InChI is InChI=1S/C54H82O29/c1-27(2)47(63)74-18-33(55)13-69-25-39-41(61)42(62)44(71-15-35(57)20-76-49(65)29(5)6)54(81-39)83-43-40(26-70-14-34(56)19-75-48(64)28(3)4)82-53(80-24-38(60)23-79-52(68)32(11)12)46(73-17-37(59)22-78-51(67)31(9)10)45(43)72-16-36(58)21-77-50(66)30(7)8/h33-46,53-62H,1,3,5,7,9,11,13-26H2,2,4,6,8,10,12H3/t33?,34?,35?,36?,37?,38?,39-,40-,41+,42+,43-,44-,45+,46-,53+,54+/m1/s1. The van der Waals surface area contributed by atoms with Gasteiger partial charge in [-0.05, 0) is 41.5 Å². The van der Waals surface area contributed by atoms with Crippen molar-refractivity contribution in [3.8, 4) is 0 Å². The van der Waals surface area contributed by atoms with Crippen molar-refractivity contribution in [2.24, 2.45) is 0 Å². The third-order valence-corrected chi connectivity index (χ3v) is 11.1. The van der Waals surface area contributed by atoms with Gasteiger partial charge in [-0.1, -0.05) is 39.5 Å². The van der Waals surface area contributed by atoms with Crippen molar-refractivity contribution in [3.05, 3.63) is 72.9 Å². The molecule has 0 bridgehead atoms. The van der Waals surface area contributed by atoms with Gasteiger partial charge in [-0.3, -0.25) is 0 Å². The van der Waals surface area contributed by atoms with E-state index in [1.54, 1.807) is 0 Å². The second-order valence-corrected chi connectivity index (χ2v) is 19.7. The molecule has 0 radical (unpaired) electrons. The van der Waals surface area contributed by atoms with Gasteiger partial charge in [-0.25, -0.2) is 28.8 Å². The van der Waals surface area contributed by atoms with Gasteiger partial charge < -0.3 is 112 Å². The molecule has 2 saturated heterocycles. The Morgan fingerprint density at radius 2 is 0.627 bits per heavy atom. The summed E-state index contributed by atoms with van der Waals surface area (Å²) in [7, 11) is 0. The van der Waals surface area contributed by atoms with Crippen LogP contribution in [0.15, 0.2) is 72.9 Å². The number of ether oxygens (including phenoxy) is 15. The van der Waals surface area contributed by atoms with E-state index in [2.05, 4.69) is 39.5 Å². The number of rotatable bonds is 40. The summed E-state index contributed by atoms with van der Waals surface area (Å²) >= 11 is 0. The Hall–Kier alpha value is -5.42. The molecule has 29 nitrogen and oxygen atoms in total. The average molecular weight is 1200 g/mol. The summed E-state index contributed by atoms with van der Waals surface area (Å²) in [5.74, 6) is -5.09. The third kappa shape index (κ3) is 27.4. The third-order valence-electron chi connectivity index (χ3n) is 11.1. The molecule has 29 heteroatoms. The molecule has 0 amide bonds. The van der Waals surface area contributed by atoms with Crippen molar-refractivity contribution in [1.82, 2.24) is 0 Å². The summed E-state index contributed by atoms with van der Waals surface area (Å²) in [5, 5.41) is 88.6. The molecule has 472 valence electrons. The Morgan fingerprint density at radius 3 is 0.964 bits per heavy atom. The highest BCUT2D eigenvalue weighted by molar-refractivity contribution is 5.88. The first kappa shape index (κ1) is 73.7. The summed E-state index contributed by atoms with van der Waals surface area (Å²) in [5.41, 5.74) is 0.0641. The molecule has 2 heterocycles. The molecule has 0 aliphatic carbocycles. The van der Waals surface area contributed by atoms with Gasteiger partial charge in [-0.2, -0.15) is 0 Å². The number of hydrogen-bond acceptors (Lipinski definition) is 29. The maximum atomic E-state index is 12.3. The minimum Gasteiger partial charge on any atom is -0.460 e. The van der Waals surface area contributed by atoms with Crippen molar-refractivity contribution in [1.29, 1.82) is 0 Å². The largest absolute Gasteiger partial charge is 0.460 e. The van der Waals surface area contributed by atoms with Crippen molar-refractivity contribution < 1.29 is 141 Å². The minimum atomic E-state index is -2.02. The van der Waals surface area contributed by atoms with Crippen molar-refractivity contribution in [3.63, 3.8) is 0 Å². The lowest BCUT2D eigenvalue weighted by Crippen LogP contribution is -2.66. The van der Waals surface area contributed by atoms with E-state index in [9.17, 15) is 69.6 Å². The Balaban J connectivity index is 2.85. The highest BCUT2D eigenvalue weighted by Gasteiger charge is 2.54. The molecule has 16 atom stereocenters. The van der Waals surface area contributed by atoms with Crippen molar-refractivity contribution >= 4 is 35.8 Å². The number of carbonyl (C=O) groups excluding carboxylic acids is 6. The summed E-state index contributed by atoms with van der Waals surface area (Å²) in [6.07, 6.45) is -27.3. The molecule has 0 aromatic heterocycles. The van der Waals surface area contributed by atoms with Gasteiger partial charge in [-0.15, -0.1) is 0 Å². The molecular weight excluding hydrogens is 1110 g/mol. The first-order valence-corrected chi connectivity index (χ1v) is 25.9. The summed E-state index contributed by atoms with van der Waals surface area (Å²) in [4.78, 5) is 73.0. The lowest BCUT2D eigenvalue weighted by Gasteiger charge is -2.49. The van der Waals surface area contributed by atoms with Crippen molar-refractivity contribution in [2.75, 3.05) is 92.5 Å². The highest BCUT2D eigenvalue weighted by Crippen LogP contribution is 2.34. The fourth-order valence-electron chi connectivity index (χ4n) is 6.73. The molecule has 2 rings (SSSR count). The number of carbonyl (C=O) groups is 6. The van der Waals surface area contributed by atoms with Gasteiger partial charge >= 0.3 is 35.8 Å². The Kier molecular flexibility index (Phi) is 33.6. The smallest absolute Gasteiger partial charge is 0.333 e. The number of hydrogen-bond donors (Lipinski definition) is 8. The average Bonchev–Trinajstić information content (AvgIpc) is 3.61. The quantitative estimate of drug-likeness (QED) is 0.0181. The second-order valence-electron chi connectivity index (χ2n) is 19.7. The van der Waals surface area contributed by atoms with Crippen LogP contribution in [0, 0.1) is 0 Å². The number of aliphatic hydroxyl groups excluding tert-OH is 8. The van der Waals surface area contributed by atoms with E-state index in [1.807, 2.05) is 0 Å². The molecule has 8 N–H and O–H groups in total. The SMILES string of the molecule is C=C(C)C(=O)OCC(O)COC[C@H]1O[C@@H](O[C@H]2[C@H](OCC(O)COC(=O)C(=C)C)[C@@H](OCC(O)COC(=O)C(=C)C)[C@@H](OCC(O)COC(=O)C(=C)C)O[C@@H]2COCC(O)COC(=O)C(=C)C)[C@H](OCC(O)COC(=O)C(=C)C)[C@@H](O)[C@H]1O. The predicted molar refractivity (Wildman–Crippen MR) is 282 cm³/mol. The van der Waals surface area contributed by atoms with Crippen LogP contribution >= 0.6 is 0 Å². The van der Waals surface area contributed by atoms with Gasteiger partial charge in [0, 0.05) is 33.4 Å². The summed E-state index contributed by atoms with van der Waals surface area (Å²) in [6.45, 7) is 20.1. The maximum Gasteiger partial charge on any atom is 0.333 e. The zero-order valence-corrected chi connectivity index (χ0v) is 47.5. The summed E-state index contributed by atoms with van der Waals surface area (Å²) < 4.78 is 85.4. The van der Waals surface area contributed by atoms with Gasteiger partial charge in [0.25, 0.3) is 0 Å². The van der Waals surface area contributed by atoms with Gasteiger partial charge in [0.15, 0.2) is 12.6 Å². The molecule has 2 fully saturated rings. The fraction of sp³-hybridized carbons (Fsp3) is 0.667. The van der Waals surface area contributed by atoms with Crippen LogP contribution in [0.1, 0.15) is 41.5 Å². The second kappa shape index (κ2) is 37.8. The van der Waals surface area contributed by atoms with E-state index in [1.165, 1.54) is 41.5 Å². The van der Waals surface area contributed by atoms with E-state index in [-0.39, 0.29) is 33.4 Å². The fourth-order valence-corrected chi connectivity index (χ4v) is 6.73. The van der Waals surface area contributed by atoms with E-state index < -0.39 is 226 Å². The summed E-state index contributed by atoms with van der Waals surface area (Å²) in [6, 6.07) is 0. The van der Waals surface area contributed by atoms with Gasteiger partial charge in [0.1, 0.15) is 125 Å². The van der Waals surface area contributed by atoms with Gasteiger partial charge in [0.05, 0.1) is 52.9 Å². The van der Waals surface area contributed by atoms with Crippen LogP contribution in [0.25, 0.3) is 0 Å². The highest BCUT2D eigenvalue weighted by atomic mass is 16.8. The van der Waals surface area contributed by atoms with Crippen LogP contribution in [0.3, 0.4) is 0 Å². The molecule has 6 unspecified atom stereocenters. The Morgan fingerprint density at radius 1 is 0.349 bits per heavy atom. The lowest BCUT2D eigenvalue weighted by molar-refractivity contribution is -0.374. The zero-order valence-electron chi connectivity index (χ0n) is 47.5. The molecule has 0 aromatic rings. The Labute approximate surface area is 480 Å². The molecule has 2 aliphatic rings. The lowest BCUT2D eigenvalue weighted by atomic mass is 9.96. The van der Waals surface area contributed by atoms with Crippen LogP contribution in [-0.4, -0.2) is 267 Å².